The number of thiophene rings is 1. The third-order valence-corrected chi connectivity index (χ3v) is 6.98. The van der Waals surface area contributed by atoms with Crippen LogP contribution in [0.25, 0.3) is 0 Å². The molecule has 1 aromatic heterocycles. The molecule has 2 N–H and O–H groups in total. The van der Waals surface area contributed by atoms with E-state index in [1.807, 2.05) is 13.0 Å². The Bertz CT molecular complexity index is 655. The van der Waals surface area contributed by atoms with Crippen molar-refractivity contribution in [1.29, 1.82) is 0 Å². The fraction of sp³-hybridized carbons (Fsp3) is 0.667. The van der Waals surface area contributed by atoms with Gasteiger partial charge in [-0.3, -0.25) is 0 Å². The predicted octanol–water partition coefficient (Wildman–Crippen LogP) is 1.85. The second kappa shape index (κ2) is 10.7. The minimum atomic E-state index is -3.37. The van der Waals surface area contributed by atoms with E-state index in [1.165, 1.54) is 29.7 Å². The van der Waals surface area contributed by atoms with Crippen LogP contribution in [0.5, 0.6) is 0 Å². The summed E-state index contributed by atoms with van der Waals surface area (Å²) >= 11 is 1.25. The largest absolute Gasteiger partial charge is 0.376 e. The Hall–Kier alpha value is -0.430. The van der Waals surface area contributed by atoms with E-state index in [0.717, 1.165) is 43.4 Å². The van der Waals surface area contributed by atoms with E-state index >= 15 is 0 Å². The molecule has 144 valence electrons. The molecule has 1 atom stereocenters. The predicted molar refractivity (Wildman–Crippen MR) is 112 cm³/mol. The normalized spacial score (nSPS) is 18.2. The summed E-state index contributed by atoms with van der Waals surface area (Å²) in [6, 6.07) is 3.45. The number of guanidine groups is 1. The van der Waals surface area contributed by atoms with E-state index in [-0.39, 0.29) is 30.1 Å². The molecular weight excluding hydrogens is 475 g/mol. The van der Waals surface area contributed by atoms with Gasteiger partial charge in [0.05, 0.1) is 12.6 Å². The van der Waals surface area contributed by atoms with E-state index in [4.69, 9.17) is 4.74 Å². The van der Waals surface area contributed by atoms with E-state index in [2.05, 4.69) is 15.6 Å². The number of hydrogen-bond acceptors (Lipinski definition) is 5. The molecule has 0 radical (unpaired) electrons. The van der Waals surface area contributed by atoms with Gasteiger partial charge in [0.2, 0.25) is 0 Å². The van der Waals surface area contributed by atoms with E-state index in [9.17, 15) is 8.42 Å². The van der Waals surface area contributed by atoms with Gasteiger partial charge >= 0.3 is 0 Å². The number of hydrogen-bond donors (Lipinski definition) is 2. The summed E-state index contributed by atoms with van der Waals surface area (Å²) in [6.07, 6.45) is 2.42. The fourth-order valence-electron chi connectivity index (χ4n) is 2.28. The Kier molecular flexibility index (Phi) is 9.64. The molecular formula is C15H27IN4O3S2. The van der Waals surface area contributed by atoms with Crippen LogP contribution in [0.4, 0.5) is 0 Å². The standard InChI is InChI=1S/C15H26N4O3S2.HI/c1-4-16-15(17-10-12-6-5-9-22-12)18-11-13-7-8-14(23-13)24(20,21)19(2)3;/h7-8,12H,4-6,9-11H2,1-3H3,(H2,16,17,18);1H. The highest BCUT2D eigenvalue weighted by atomic mass is 127. The number of halogens is 1. The van der Waals surface area contributed by atoms with Crippen LogP contribution < -0.4 is 10.6 Å². The first-order valence-corrected chi connectivity index (χ1v) is 10.3. The zero-order chi connectivity index (χ0) is 17.6. The SMILES string of the molecule is CCNC(=NCc1ccc(S(=O)(=O)N(C)C)s1)NCC1CCCO1.I. The topological polar surface area (TPSA) is 83.0 Å². The molecule has 1 aromatic rings. The maximum Gasteiger partial charge on any atom is 0.252 e. The van der Waals surface area contributed by atoms with Crippen LogP contribution in [0.15, 0.2) is 21.3 Å². The molecule has 1 fully saturated rings. The van der Waals surface area contributed by atoms with Gasteiger partial charge in [0, 0.05) is 38.7 Å². The van der Waals surface area contributed by atoms with Crippen molar-refractivity contribution in [2.75, 3.05) is 33.8 Å². The third-order valence-electron chi connectivity index (χ3n) is 3.63. The van der Waals surface area contributed by atoms with Gasteiger partial charge in [-0.2, -0.15) is 0 Å². The molecule has 0 aromatic carbocycles. The molecule has 0 saturated carbocycles. The Morgan fingerprint density at radius 2 is 2.16 bits per heavy atom. The lowest BCUT2D eigenvalue weighted by Crippen LogP contribution is -2.41. The van der Waals surface area contributed by atoms with Crippen molar-refractivity contribution in [2.45, 2.75) is 36.6 Å². The van der Waals surface area contributed by atoms with Crippen molar-refractivity contribution in [2.24, 2.45) is 4.99 Å². The van der Waals surface area contributed by atoms with Gasteiger partial charge in [0.15, 0.2) is 5.96 Å². The van der Waals surface area contributed by atoms with Gasteiger partial charge in [0.1, 0.15) is 4.21 Å². The second-order valence-electron chi connectivity index (χ2n) is 5.72. The second-order valence-corrected chi connectivity index (χ2v) is 9.27. The number of rotatable bonds is 7. The average Bonchev–Trinajstić information content (AvgIpc) is 3.21. The van der Waals surface area contributed by atoms with E-state index in [1.54, 1.807) is 6.07 Å². The van der Waals surface area contributed by atoms with Gasteiger partial charge in [-0.25, -0.2) is 17.7 Å². The lowest BCUT2D eigenvalue weighted by Gasteiger charge is -2.14. The van der Waals surface area contributed by atoms with Crippen molar-refractivity contribution < 1.29 is 13.2 Å². The van der Waals surface area contributed by atoms with Crippen molar-refractivity contribution in [3.05, 3.63) is 17.0 Å². The fourth-order valence-corrected chi connectivity index (χ4v) is 4.73. The molecule has 2 heterocycles. The maximum absolute atomic E-state index is 12.1. The van der Waals surface area contributed by atoms with Crippen molar-refractivity contribution in [3.63, 3.8) is 0 Å². The lowest BCUT2D eigenvalue weighted by atomic mass is 10.2. The molecule has 0 bridgehead atoms. The van der Waals surface area contributed by atoms with Crippen LogP contribution in [0, 0.1) is 0 Å². The highest BCUT2D eigenvalue weighted by Crippen LogP contribution is 2.24. The van der Waals surface area contributed by atoms with Gasteiger partial charge in [0.25, 0.3) is 10.0 Å². The lowest BCUT2D eigenvalue weighted by molar-refractivity contribution is 0.114. The molecule has 0 spiro atoms. The smallest absolute Gasteiger partial charge is 0.252 e. The highest BCUT2D eigenvalue weighted by Gasteiger charge is 2.19. The number of sulfonamides is 1. The molecule has 0 aliphatic carbocycles. The number of nitrogens with zero attached hydrogens (tertiary/aromatic N) is 2. The molecule has 1 unspecified atom stereocenters. The molecule has 10 heteroatoms. The average molecular weight is 502 g/mol. The maximum atomic E-state index is 12.1. The number of nitrogens with one attached hydrogen (secondary N) is 2. The van der Waals surface area contributed by atoms with Crippen LogP contribution in [-0.4, -0.2) is 58.6 Å². The van der Waals surface area contributed by atoms with E-state index in [0.29, 0.717) is 10.8 Å². The Labute approximate surface area is 171 Å². The Morgan fingerprint density at radius 1 is 1.40 bits per heavy atom. The summed E-state index contributed by atoms with van der Waals surface area (Å²) in [4.78, 5) is 5.43. The number of aliphatic imine (C=N–C) groups is 1. The van der Waals surface area contributed by atoms with Crippen LogP contribution in [-0.2, 0) is 21.3 Å². The monoisotopic (exact) mass is 502 g/mol. The van der Waals surface area contributed by atoms with Crippen molar-refractivity contribution >= 4 is 51.3 Å². The molecule has 25 heavy (non-hydrogen) atoms. The highest BCUT2D eigenvalue weighted by molar-refractivity contribution is 14.0. The first-order valence-electron chi connectivity index (χ1n) is 8.08. The minimum Gasteiger partial charge on any atom is -0.376 e. The molecule has 2 rings (SSSR count). The van der Waals surface area contributed by atoms with Crippen molar-refractivity contribution in [1.82, 2.24) is 14.9 Å². The zero-order valence-corrected chi connectivity index (χ0v) is 18.8. The van der Waals surface area contributed by atoms with Crippen LogP contribution in [0.1, 0.15) is 24.6 Å². The van der Waals surface area contributed by atoms with Gasteiger partial charge < -0.3 is 15.4 Å². The Morgan fingerprint density at radius 3 is 2.76 bits per heavy atom. The van der Waals surface area contributed by atoms with Gasteiger partial charge in [-0.1, -0.05) is 0 Å². The number of ether oxygens (including phenoxy) is 1. The molecule has 7 nitrogen and oxygen atoms in total. The molecule has 0 amide bonds. The summed E-state index contributed by atoms with van der Waals surface area (Å²) in [6.45, 7) is 4.78. The van der Waals surface area contributed by atoms with Crippen LogP contribution >= 0.6 is 35.3 Å². The summed E-state index contributed by atoms with van der Waals surface area (Å²) < 4.78 is 31.4. The van der Waals surface area contributed by atoms with Crippen LogP contribution in [0.3, 0.4) is 0 Å². The quantitative estimate of drug-likeness (QED) is 0.338. The third kappa shape index (κ3) is 6.66. The van der Waals surface area contributed by atoms with E-state index < -0.39 is 10.0 Å². The first kappa shape index (κ1) is 22.6. The molecule has 1 aliphatic heterocycles. The van der Waals surface area contributed by atoms with Crippen LogP contribution in [0.2, 0.25) is 0 Å². The summed E-state index contributed by atoms with van der Waals surface area (Å²) in [5.41, 5.74) is 0. The van der Waals surface area contributed by atoms with Crippen molar-refractivity contribution in [3.8, 4) is 0 Å². The first-order chi connectivity index (χ1) is 11.4. The zero-order valence-electron chi connectivity index (χ0n) is 14.8. The summed E-state index contributed by atoms with van der Waals surface area (Å²) in [5.74, 6) is 0.721. The minimum absolute atomic E-state index is 0. The molecule has 1 aliphatic rings. The van der Waals surface area contributed by atoms with Gasteiger partial charge in [-0.05, 0) is 31.9 Å². The van der Waals surface area contributed by atoms with Gasteiger partial charge in [-0.15, -0.1) is 35.3 Å². The Balaban J connectivity index is 0.00000312. The summed E-state index contributed by atoms with van der Waals surface area (Å²) in [7, 11) is -0.305. The summed E-state index contributed by atoms with van der Waals surface area (Å²) in [5, 5.41) is 6.47. The molecule has 1 saturated heterocycles.